The van der Waals surface area contributed by atoms with E-state index in [4.69, 9.17) is 10.5 Å². The van der Waals surface area contributed by atoms with Gasteiger partial charge in [0, 0.05) is 12.0 Å². The van der Waals surface area contributed by atoms with Crippen LogP contribution >= 0.6 is 11.3 Å². The van der Waals surface area contributed by atoms with E-state index in [0.29, 0.717) is 23.1 Å². The minimum Gasteiger partial charge on any atom is -0.481 e. The minimum atomic E-state index is 0.432. The summed E-state index contributed by atoms with van der Waals surface area (Å²) in [6, 6.07) is 7.53. The third kappa shape index (κ3) is 3.63. The van der Waals surface area contributed by atoms with Crippen molar-refractivity contribution in [1.82, 2.24) is 25.1 Å². The lowest BCUT2D eigenvalue weighted by atomic mass is 10.1. The van der Waals surface area contributed by atoms with Crippen LogP contribution in [0.2, 0.25) is 0 Å². The first-order valence-electron chi connectivity index (χ1n) is 9.87. The Kier molecular flexibility index (Phi) is 4.88. The molecule has 0 aromatic carbocycles. The fourth-order valence-corrected chi connectivity index (χ4v) is 4.76. The molecular weight excluding hydrogens is 398 g/mol. The first-order chi connectivity index (χ1) is 14.7. The Balaban J connectivity index is 1.42. The highest BCUT2D eigenvalue weighted by molar-refractivity contribution is 7.14. The van der Waals surface area contributed by atoms with E-state index in [1.807, 2.05) is 18.2 Å². The Bertz CT molecular complexity index is 1190. The number of anilines is 3. The molecule has 0 bridgehead atoms. The van der Waals surface area contributed by atoms with Crippen LogP contribution in [-0.2, 0) is 0 Å². The third-order valence-electron chi connectivity index (χ3n) is 5.30. The first kappa shape index (κ1) is 18.7. The Hall–Kier alpha value is -3.33. The number of rotatable bonds is 5. The van der Waals surface area contributed by atoms with Gasteiger partial charge in [0.2, 0.25) is 5.88 Å². The van der Waals surface area contributed by atoms with Crippen LogP contribution in [0.15, 0.2) is 36.7 Å². The van der Waals surface area contributed by atoms with E-state index in [0.717, 1.165) is 32.5 Å². The maximum Gasteiger partial charge on any atom is 0.213 e. The van der Waals surface area contributed by atoms with Crippen molar-refractivity contribution in [3.05, 3.63) is 41.7 Å². The number of nitrogens with two attached hydrogens (primary N) is 1. The molecule has 3 N–H and O–H groups in total. The van der Waals surface area contributed by atoms with E-state index in [1.165, 1.54) is 25.7 Å². The molecule has 1 saturated carbocycles. The standard InChI is InChI=1S/C21H21N7OS/c1-29-18-7-6-13(10-24-18)25-14-8-17-16(23-11-14)9-15(19(22)26-17)21-28-27-20(30-21)12-4-2-3-5-12/h6-12,25H,2-5H2,1H3,(H2,22,26). The summed E-state index contributed by atoms with van der Waals surface area (Å²) < 4.78 is 5.08. The van der Waals surface area contributed by atoms with E-state index in [-0.39, 0.29) is 0 Å². The van der Waals surface area contributed by atoms with Crippen LogP contribution in [0, 0.1) is 0 Å². The average Bonchev–Trinajstić information content (AvgIpc) is 3.46. The van der Waals surface area contributed by atoms with Crippen molar-refractivity contribution in [3.8, 4) is 16.5 Å². The molecule has 5 rings (SSSR count). The van der Waals surface area contributed by atoms with Gasteiger partial charge in [-0.3, -0.25) is 4.98 Å². The molecule has 1 aliphatic carbocycles. The van der Waals surface area contributed by atoms with Gasteiger partial charge in [0.05, 0.1) is 47.5 Å². The van der Waals surface area contributed by atoms with Crippen LogP contribution < -0.4 is 15.8 Å². The Morgan fingerprint density at radius 1 is 1.03 bits per heavy atom. The number of hydrogen-bond donors (Lipinski definition) is 2. The molecule has 9 heteroatoms. The van der Waals surface area contributed by atoms with Gasteiger partial charge in [-0.1, -0.05) is 24.2 Å². The predicted molar refractivity (Wildman–Crippen MR) is 118 cm³/mol. The number of ether oxygens (including phenoxy) is 1. The summed E-state index contributed by atoms with van der Waals surface area (Å²) in [5.74, 6) is 1.53. The van der Waals surface area contributed by atoms with E-state index in [9.17, 15) is 0 Å². The second-order valence-electron chi connectivity index (χ2n) is 7.32. The zero-order valence-electron chi connectivity index (χ0n) is 16.5. The molecule has 0 radical (unpaired) electrons. The summed E-state index contributed by atoms with van der Waals surface area (Å²) in [5, 5.41) is 14.0. The largest absolute Gasteiger partial charge is 0.481 e. The van der Waals surface area contributed by atoms with Crippen molar-refractivity contribution >= 4 is 39.6 Å². The molecule has 0 unspecified atom stereocenters. The SMILES string of the molecule is COc1ccc(Nc2cnc3cc(-c4nnc(C5CCCC5)s4)c(N)nc3c2)cn1. The molecular formula is C21H21N7OS. The highest BCUT2D eigenvalue weighted by atomic mass is 32.1. The summed E-state index contributed by atoms with van der Waals surface area (Å²) in [4.78, 5) is 13.3. The van der Waals surface area contributed by atoms with E-state index in [1.54, 1.807) is 36.9 Å². The van der Waals surface area contributed by atoms with Crippen LogP contribution in [0.3, 0.4) is 0 Å². The molecule has 0 spiro atoms. The maximum absolute atomic E-state index is 6.27. The van der Waals surface area contributed by atoms with Gasteiger partial charge in [0.25, 0.3) is 0 Å². The molecule has 1 fully saturated rings. The lowest BCUT2D eigenvalue weighted by Crippen LogP contribution is -1.98. The molecule has 4 heterocycles. The van der Waals surface area contributed by atoms with Crippen molar-refractivity contribution in [1.29, 1.82) is 0 Å². The summed E-state index contributed by atoms with van der Waals surface area (Å²) in [5.41, 5.74) is 10.2. The Morgan fingerprint density at radius 2 is 1.87 bits per heavy atom. The third-order valence-corrected chi connectivity index (χ3v) is 6.42. The van der Waals surface area contributed by atoms with Crippen molar-refractivity contribution in [2.24, 2.45) is 0 Å². The minimum absolute atomic E-state index is 0.432. The molecule has 8 nitrogen and oxygen atoms in total. The van der Waals surface area contributed by atoms with Gasteiger partial charge in [-0.2, -0.15) is 0 Å². The first-order valence-corrected chi connectivity index (χ1v) is 10.7. The van der Waals surface area contributed by atoms with E-state index in [2.05, 4.69) is 30.5 Å². The highest BCUT2D eigenvalue weighted by Gasteiger charge is 2.22. The quantitative estimate of drug-likeness (QED) is 0.485. The molecule has 1 aliphatic rings. The second-order valence-corrected chi connectivity index (χ2v) is 8.33. The number of aromatic nitrogens is 5. The lowest BCUT2D eigenvalue weighted by Gasteiger charge is -2.09. The molecule has 152 valence electrons. The van der Waals surface area contributed by atoms with Gasteiger partial charge in [0.1, 0.15) is 10.8 Å². The van der Waals surface area contributed by atoms with Crippen molar-refractivity contribution in [3.63, 3.8) is 0 Å². The number of nitrogen functional groups attached to an aromatic ring is 1. The second kappa shape index (κ2) is 7.83. The number of nitrogens with zero attached hydrogens (tertiary/aromatic N) is 5. The number of fused-ring (bicyclic) bond motifs is 1. The van der Waals surface area contributed by atoms with Crippen LogP contribution in [0.1, 0.15) is 36.6 Å². The molecule has 30 heavy (non-hydrogen) atoms. The monoisotopic (exact) mass is 419 g/mol. The number of methoxy groups -OCH3 is 1. The van der Waals surface area contributed by atoms with Gasteiger partial charge < -0.3 is 15.8 Å². The maximum atomic E-state index is 6.27. The topological polar surface area (TPSA) is 112 Å². The molecule has 0 amide bonds. The zero-order valence-corrected chi connectivity index (χ0v) is 17.3. The average molecular weight is 420 g/mol. The normalized spacial score (nSPS) is 14.3. The van der Waals surface area contributed by atoms with Crippen LogP contribution in [0.4, 0.5) is 17.2 Å². The smallest absolute Gasteiger partial charge is 0.213 e. The summed E-state index contributed by atoms with van der Waals surface area (Å²) >= 11 is 1.61. The Labute approximate surface area is 177 Å². The molecule has 4 aromatic heterocycles. The van der Waals surface area contributed by atoms with E-state index >= 15 is 0 Å². The lowest BCUT2D eigenvalue weighted by molar-refractivity contribution is 0.398. The van der Waals surface area contributed by atoms with Crippen molar-refractivity contribution in [2.45, 2.75) is 31.6 Å². The molecule has 0 atom stereocenters. The van der Waals surface area contributed by atoms with Gasteiger partial charge >= 0.3 is 0 Å². The summed E-state index contributed by atoms with van der Waals surface area (Å²) in [7, 11) is 1.59. The van der Waals surface area contributed by atoms with Crippen LogP contribution in [0.25, 0.3) is 21.6 Å². The van der Waals surface area contributed by atoms with Crippen molar-refractivity contribution < 1.29 is 4.74 Å². The highest BCUT2D eigenvalue weighted by Crippen LogP contribution is 2.38. The van der Waals surface area contributed by atoms with E-state index < -0.39 is 0 Å². The van der Waals surface area contributed by atoms with Gasteiger partial charge in [-0.05, 0) is 31.0 Å². The number of hydrogen-bond acceptors (Lipinski definition) is 9. The fraction of sp³-hybridized carbons (Fsp3) is 0.286. The molecule has 0 aliphatic heterocycles. The zero-order chi connectivity index (χ0) is 20.5. The summed E-state index contributed by atoms with van der Waals surface area (Å²) in [6.45, 7) is 0. The van der Waals surface area contributed by atoms with Gasteiger partial charge in [-0.25, -0.2) is 9.97 Å². The van der Waals surface area contributed by atoms with Gasteiger partial charge in [-0.15, -0.1) is 10.2 Å². The number of nitrogens with one attached hydrogen (secondary N) is 1. The molecule has 4 aromatic rings. The Morgan fingerprint density at radius 3 is 2.63 bits per heavy atom. The summed E-state index contributed by atoms with van der Waals surface area (Å²) in [6.07, 6.45) is 8.39. The fourth-order valence-electron chi connectivity index (χ4n) is 3.73. The van der Waals surface area contributed by atoms with Crippen LogP contribution in [-0.4, -0.2) is 32.3 Å². The predicted octanol–water partition coefficient (Wildman–Crippen LogP) is 4.54. The molecule has 0 saturated heterocycles. The van der Waals surface area contributed by atoms with Crippen LogP contribution in [0.5, 0.6) is 5.88 Å². The number of pyridine rings is 3. The van der Waals surface area contributed by atoms with Gasteiger partial charge in [0.15, 0.2) is 5.01 Å². The van der Waals surface area contributed by atoms with Crippen molar-refractivity contribution in [2.75, 3.05) is 18.2 Å².